The van der Waals surface area contributed by atoms with Crippen LogP contribution in [-0.4, -0.2) is 38.6 Å². The molecule has 0 unspecified atom stereocenters. The molecule has 2 N–H and O–H groups in total. The Hall–Kier alpha value is -3.22. The second-order valence-corrected chi connectivity index (χ2v) is 7.54. The number of aromatic amines is 1. The van der Waals surface area contributed by atoms with E-state index < -0.39 is 0 Å². The number of nitrogens with zero attached hydrogens (tertiary/aromatic N) is 3. The fourth-order valence-corrected chi connectivity index (χ4v) is 4.21. The van der Waals surface area contributed by atoms with Crippen LogP contribution in [0.4, 0.5) is 4.79 Å². The molecule has 0 bridgehead atoms. The SMILES string of the molecule is C[C@@H]1CCN(C(=O)NCc2ccco2)C[C@@H]1n1ccc2cnc3[nH]ccc3c21. The first-order chi connectivity index (χ1) is 13.7. The van der Waals surface area contributed by atoms with Crippen molar-refractivity contribution in [2.75, 3.05) is 13.1 Å². The number of nitrogens with one attached hydrogen (secondary N) is 2. The van der Waals surface area contributed by atoms with Gasteiger partial charge < -0.3 is 24.2 Å². The Bertz CT molecular complexity index is 1110. The zero-order valence-electron chi connectivity index (χ0n) is 15.8. The number of carbonyl (C=O) groups excluding carboxylic acids is 1. The summed E-state index contributed by atoms with van der Waals surface area (Å²) in [6, 6.07) is 8.05. The van der Waals surface area contributed by atoms with Gasteiger partial charge in [0.15, 0.2) is 0 Å². The monoisotopic (exact) mass is 377 g/mol. The topological polar surface area (TPSA) is 79.1 Å². The van der Waals surface area contributed by atoms with E-state index in [1.807, 2.05) is 29.4 Å². The number of likely N-dealkylation sites (tertiary alicyclic amines) is 1. The van der Waals surface area contributed by atoms with E-state index in [9.17, 15) is 4.79 Å². The number of carbonyl (C=O) groups is 1. The van der Waals surface area contributed by atoms with Gasteiger partial charge in [-0.1, -0.05) is 6.92 Å². The van der Waals surface area contributed by atoms with Gasteiger partial charge >= 0.3 is 6.03 Å². The van der Waals surface area contributed by atoms with Crippen molar-refractivity contribution in [2.24, 2.45) is 5.92 Å². The Labute approximate surface area is 162 Å². The first-order valence-corrected chi connectivity index (χ1v) is 9.68. The average molecular weight is 377 g/mol. The summed E-state index contributed by atoms with van der Waals surface area (Å²) < 4.78 is 7.63. The lowest BCUT2D eigenvalue weighted by molar-refractivity contribution is 0.141. The molecule has 144 valence electrons. The number of hydrogen-bond donors (Lipinski definition) is 2. The van der Waals surface area contributed by atoms with Crippen molar-refractivity contribution in [3.8, 4) is 0 Å². The molecule has 7 nitrogen and oxygen atoms in total. The van der Waals surface area contributed by atoms with Crippen LogP contribution in [0.3, 0.4) is 0 Å². The molecule has 2 amide bonds. The Kier molecular flexibility index (Phi) is 4.07. The van der Waals surface area contributed by atoms with Crippen molar-refractivity contribution in [1.82, 2.24) is 24.8 Å². The van der Waals surface area contributed by atoms with E-state index in [1.54, 1.807) is 6.26 Å². The predicted molar refractivity (Wildman–Crippen MR) is 107 cm³/mol. The molecule has 0 aliphatic carbocycles. The number of urea groups is 1. The van der Waals surface area contributed by atoms with Crippen molar-refractivity contribution < 1.29 is 9.21 Å². The Morgan fingerprint density at radius 1 is 1.39 bits per heavy atom. The summed E-state index contributed by atoms with van der Waals surface area (Å²) in [4.78, 5) is 22.3. The van der Waals surface area contributed by atoms with Crippen LogP contribution in [0.5, 0.6) is 0 Å². The number of H-pyrrole nitrogens is 1. The Morgan fingerprint density at radius 3 is 3.18 bits per heavy atom. The van der Waals surface area contributed by atoms with Crippen molar-refractivity contribution in [3.05, 3.63) is 54.9 Å². The zero-order valence-corrected chi connectivity index (χ0v) is 15.8. The molecular formula is C21H23N5O2. The largest absolute Gasteiger partial charge is 0.467 e. The molecule has 1 aliphatic heterocycles. The van der Waals surface area contributed by atoms with E-state index in [4.69, 9.17) is 4.42 Å². The van der Waals surface area contributed by atoms with E-state index in [0.29, 0.717) is 19.0 Å². The van der Waals surface area contributed by atoms with Gasteiger partial charge in [0, 0.05) is 42.5 Å². The molecule has 5 heterocycles. The lowest BCUT2D eigenvalue weighted by Crippen LogP contribution is -2.47. The van der Waals surface area contributed by atoms with Gasteiger partial charge in [-0.2, -0.15) is 0 Å². The molecule has 0 saturated carbocycles. The number of fused-ring (bicyclic) bond motifs is 3. The van der Waals surface area contributed by atoms with E-state index in [2.05, 4.69) is 45.1 Å². The van der Waals surface area contributed by atoms with Gasteiger partial charge in [-0.15, -0.1) is 0 Å². The fraction of sp³-hybridized carbons (Fsp3) is 0.333. The van der Waals surface area contributed by atoms with E-state index >= 15 is 0 Å². The van der Waals surface area contributed by atoms with Crippen molar-refractivity contribution in [1.29, 1.82) is 0 Å². The van der Waals surface area contributed by atoms with E-state index in [0.717, 1.165) is 35.1 Å². The van der Waals surface area contributed by atoms with Crippen molar-refractivity contribution in [2.45, 2.75) is 25.9 Å². The summed E-state index contributed by atoms with van der Waals surface area (Å²) in [5, 5.41) is 5.21. The molecule has 1 aliphatic rings. The van der Waals surface area contributed by atoms with Crippen LogP contribution in [-0.2, 0) is 6.54 Å². The van der Waals surface area contributed by atoms with Gasteiger partial charge in [0.05, 0.1) is 24.4 Å². The smallest absolute Gasteiger partial charge is 0.317 e. The number of furan rings is 1. The fourth-order valence-electron chi connectivity index (χ4n) is 4.21. The minimum Gasteiger partial charge on any atom is -0.467 e. The molecule has 0 radical (unpaired) electrons. The number of pyridine rings is 1. The van der Waals surface area contributed by atoms with Crippen LogP contribution >= 0.6 is 0 Å². The highest BCUT2D eigenvalue weighted by Gasteiger charge is 2.31. The summed E-state index contributed by atoms with van der Waals surface area (Å²) in [6.07, 6.45) is 8.55. The Morgan fingerprint density at radius 2 is 2.32 bits per heavy atom. The highest BCUT2D eigenvalue weighted by atomic mass is 16.3. The second kappa shape index (κ2) is 6.74. The molecule has 5 rings (SSSR count). The number of amides is 2. The molecule has 0 aromatic carbocycles. The molecule has 2 atom stereocenters. The first-order valence-electron chi connectivity index (χ1n) is 9.68. The quantitative estimate of drug-likeness (QED) is 0.568. The van der Waals surface area contributed by atoms with Crippen LogP contribution in [0.1, 0.15) is 25.1 Å². The van der Waals surface area contributed by atoms with Gasteiger partial charge in [-0.25, -0.2) is 9.78 Å². The molecule has 1 fully saturated rings. The molecular weight excluding hydrogens is 354 g/mol. The molecule has 0 spiro atoms. The summed E-state index contributed by atoms with van der Waals surface area (Å²) in [5.74, 6) is 1.24. The van der Waals surface area contributed by atoms with E-state index in [1.165, 1.54) is 5.52 Å². The number of aromatic nitrogens is 3. The Balaban J connectivity index is 1.41. The third-order valence-corrected chi connectivity index (χ3v) is 5.82. The van der Waals surface area contributed by atoms with Crippen LogP contribution in [0, 0.1) is 5.92 Å². The van der Waals surface area contributed by atoms with E-state index in [-0.39, 0.29) is 12.1 Å². The van der Waals surface area contributed by atoms with Gasteiger partial charge in [-0.05, 0) is 36.6 Å². The number of hydrogen-bond acceptors (Lipinski definition) is 3. The van der Waals surface area contributed by atoms with Crippen LogP contribution in [0.15, 0.2) is 53.5 Å². The third kappa shape index (κ3) is 2.83. The van der Waals surface area contributed by atoms with Gasteiger partial charge in [-0.3, -0.25) is 0 Å². The van der Waals surface area contributed by atoms with Crippen LogP contribution < -0.4 is 5.32 Å². The molecule has 28 heavy (non-hydrogen) atoms. The summed E-state index contributed by atoms with van der Waals surface area (Å²) in [5.41, 5.74) is 2.07. The second-order valence-electron chi connectivity index (χ2n) is 7.54. The van der Waals surface area contributed by atoms with Crippen LogP contribution in [0.2, 0.25) is 0 Å². The lowest BCUT2D eigenvalue weighted by atomic mass is 9.93. The minimum absolute atomic E-state index is 0.0433. The molecule has 1 saturated heterocycles. The minimum atomic E-state index is -0.0433. The first kappa shape index (κ1) is 16.9. The van der Waals surface area contributed by atoms with Crippen molar-refractivity contribution >= 4 is 28.0 Å². The van der Waals surface area contributed by atoms with Crippen LogP contribution in [0.25, 0.3) is 21.9 Å². The van der Waals surface area contributed by atoms with Gasteiger partial charge in [0.2, 0.25) is 0 Å². The highest BCUT2D eigenvalue weighted by molar-refractivity contribution is 6.02. The highest BCUT2D eigenvalue weighted by Crippen LogP contribution is 2.33. The molecule has 7 heteroatoms. The molecule has 4 aromatic heterocycles. The van der Waals surface area contributed by atoms with Gasteiger partial charge in [0.25, 0.3) is 0 Å². The average Bonchev–Trinajstić information content (AvgIpc) is 3.45. The van der Waals surface area contributed by atoms with Crippen molar-refractivity contribution in [3.63, 3.8) is 0 Å². The maximum absolute atomic E-state index is 12.7. The normalized spacial score (nSPS) is 20.1. The summed E-state index contributed by atoms with van der Waals surface area (Å²) in [7, 11) is 0. The summed E-state index contributed by atoms with van der Waals surface area (Å²) in [6.45, 7) is 4.12. The zero-order chi connectivity index (χ0) is 19.1. The number of rotatable bonds is 3. The van der Waals surface area contributed by atoms with Gasteiger partial charge in [0.1, 0.15) is 11.4 Å². The maximum Gasteiger partial charge on any atom is 0.317 e. The lowest BCUT2D eigenvalue weighted by Gasteiger charge is -2.38. The molecule has 4 aromatic rings. The third-order valence-electron chi connectivity index (χ3n) is 5.82. The standard InChI is InChI=1S/C21H23N5O2/c1-14-5-8-25(21(27)24-12-16-3-2-10-28-16)13-18(14)26-9-6-15-11-23-20-17(19(15)26)4-7-22-20/h2-4,6-7,9-11,14,18H,5,8,12-13H2,1H3,(H,22,23)(H,24,27)/t14-,18+/m1/s1. The summed E-state index contributed by atoms with van der Waals surface area (Å²) >= 11 is 0. The predicted octanol–water partition coefficient (Wildman–Crippen LogP) is 3.90. The number of piperidine rings is 1. The maximum atomic E-state index is 12.7.